The maximum absolute atomic E-state index is 11.1. The molecule has 1 rings (SSSR count). The van der Waals surface area contributed by atoms with E-state index in [4.69, 9.17) is 0 Å². The van der Waals surface area contributed by atoms with E-state index in [0.717, 1.165) is 19.1 Å². The summed E-state index contributed by atoms with van der Waals surface area (Å²) in [7, 11) is 0. The van der Waals surface area contributed by atoms with E-state index < -0.39 is 0 Å². The molecule has 0 radical (unpaired) electrons. The molecule has 0 saturated heterocycles. The molecule has 0 N–H and O–H groups in total. The van der Waals surface area contributed by atoms with Gasteiger partial charge in [0.15, 0.2) is 0 Å². The summed E-state index contributed by atoms with van der Waals surface area (Å²) in [6.07, 6.45) is 5.53. The zero-order valence-corrected chi connectivity index (χ0v) is 10.3. The first-order valence-corrected chi connectivity index (χ1v) is 5.67. The number of carbonyl (C=O) groups excluding carboxylic acids is 1. The number of hydrogen-bond acceptors (Lipinski definition) is 1. The van der Waals surface area contributed by atoms with Crippen LogP contribution >= 0.6 is 0 Å². The van der Waals surface area contributed by atoms with Crippen molar-refractivity contribution >= 4 is 6.29 Å². The van der Waals surface area contributed by atoms with E-state index >= 15 is 0 Å². The molecule has 0 aromatic rings. The van der Waals surface area contributed by atoms with Crippen molar-refractivity contribution in [2.75, 3.05) is 0 Å². The Morgan fingerprint density at radius 1 is 1.60 bits per heavy atom. The molecule has 0 bridgehead atoms. The van der Waals surface area contributed by atoms with Crippen molar-refractivity contribution in [2.24, 2.45) is 17.3 Å². The average molecular weight is 206 g/mol. The first-order chi connectivity index (χ1) is 6.88. The molecule has 84 valence electrons. The minimum absolute atomic E-state index is 0.241. The van der Waals surface area contributed by atoms with Gasteiger partial charge in [-0.1, -0.05) is 37.6 Å². The van der Waals surface area contributed by atoms with Crippen LogP contribution in [0.4, 0.5) is 0 Å². The van der Waals surface area contributed by atoms with Gasteiger partial charge in [-0.25, -0.2) is 0 Å². The molecular formula is C14H22O. The highest BCUT2D eigenvalue weighted by atomic mass is 16.1. The van der Waals surface area contributed by atoms with Crippen molar-refractivity contribution in [1.82, 2.24) is 0 Å². The standard InChI is InChI=1S/C14H22O/c1-10(2)12-7-6-11(3)13(8-12)14(4,5)9-15/h6,9,12-13H,1,7-8H2,2-5H3/t12-,13?/m1/s1. The van der Waals surface area contributed by atoms with Crippen LogP contribution in [-0.2, 0) is 4.79 Å². The zero-order valence-electron chi connectivity index (χ0n) is 10.3. The monoisotopic (exact) mass is 206 g/mol. The maximum atomic E-state index is 11.1. The third kappa shape index (κ3) is 2.58. The Kier molecular flexibility index (Phi) is 3.54. The van der Waals surface area contributed by atoms with Crippen molar-refractivity contribution < 1.29 is 4.79 Å². The highest BCUT2D eigenvalue weighted by Crippen LogP contribution is 2.41. The van der Waals surface area contributed by atoms with Crippen molar-refractivity contribution in [3.8, 4) is 0 Å². The Morgan fingerprint density at radius 3 is 2.67 bits per heavy atom. The summed E-state index contributed by atoms with van der Waals surface area (Å²) in [5.41, 5.74) is 2.37. The van der Waals surface area contributed by atoms with Gasteiger partial charge in [-0.15, -0.1) is 0 Å². The SMILES string of the molecule is C=C(C)[C@@H]1CC=C(C)C(C(C)(C)C=O)C1. The van der Waals surface area contributed by atoms with Crippen molar-refractivity contribution in [1.29, 1.82) is 0 Å². The molecule has 0 aromatic carbocycles. The van der Waals surface area contributed by atoms with E-state index in [1.54, 1.807) is 0 Å². The Bertz CT molecular complexity index is 296. The summed E-state index contributed by atoms with van der Waals surface area (Å²) in [4.78, 5) is 11.1. The molecule has 1 nitrogen and oxygen atoms in total. The van der Waals surface area contributed by atoms with Crippen LogP contribution in [0.2, 0.25) is 0 Å². The lowest BCUT2D eigenvalue weighted by Crippen LogP contribution is -2.31. The fourth-order valence-electron chi connectivity index (χ4n) is 2.41. The largest absolute Gasteiger partial charge is 0.303 e. The fraction of sp³-hybridized carbons (Fsp3) is 0.643. The second-order valence-corrected chi connectivity index (χ2v) is 5.45. The predicted octanol–water partition coefficient (Wildman–Crippen LogP) is 3.76. The molecule has 0 heterocycles. The first kappa shape index (κ1) is 12.2. The summed E-state index contributed by atoms with van der Waals surface area (Å²) in [5, 5.41) is 0. The summed E-state index contributed by atoms with van der Waals surface area (Å²) in [6.45, 7) is 12.3. The van der Waals surface area contributed by atoms with Gasteiger partial charge in [0.05, 0.1) is 0 Å². The summed E-state index contributed by atoms with van der Waals surface area (Å²) < 4.78 is 0. The van der Waals surface area contributed by atoms with E-state index in [-0.39, 0.29) is 5.41 Å². The number of allylic oxidation sites excluding steroid dienone is 3. The summed E-state index contributed by atoms with van der Waals surface area (Å²) in [6, 6.07) is 0. The van der Waals surface area contributed by atoms with E-state index in [0.29, 0.717) is 11.8 Å². The van der Waals surface area contributed by atoms with Gasteiger partial charge in [0.2, 0.25) is 0 Å². The highest BCUT2D eigenvalue weighted by molar-refractivity contribution is 5.59. The Morgan fingerprint density at radius 2 is 2.20 bits per heavy atom. The summed E-state index contributed by atoms with van der Waals surface area (Å²) >= 11 is 0. The predicted molar refractivity (Wildman–Crippen MR) is 64.6 cm³/mol. The first-order valence-electron chi connectivity index (χ1n) is 5.67. The molecule has 1 aliphatic carbocycles. The van der Waals surface area contributed by atoms with E-state index in [1.807, 2.05) is 13.8 Å². The molecule has 0 amide bonds. The Labute approximate surface area is 93.3 Å². The smallest absolute Gasteiger partial charge is 0.126 e. The van der Waals surface area contributed by atoms with Crippen LogP contribution in [0.3, 0.4) is 0 Å². The van der Waals surface area contributed by atoms with Gasteiger partial charge in [0.25, 0.3) is 0 Å². The van der Waals surface area contributed by atoms with Crippen molar-refractivity contribution in [3.05, 3.63) is 23.8 Å². The molecule has 1 unspecified atom stereocenters. The number of carbonyl (C=O) groups is 1. The topological polar surface area (TPSA) is 17.1 Å². The van der Waals surface area contributed by atoms with Crippen LogP contribution in [0.25, 0.3) is 0 Å². The number of rotatable bonds is 3. The molecule has 1 aliphatic rings. The second kappa shape index (κ2) is 4.34. The molecule has 0 aliphatic heterocycles. The van der Waals surface area contributed by atoms with E-state index in [1.165, 1.54) is 11.1 Å². The molecular weight excluding hydrogens is 184 g/mol. The lowest BCUT2D eigenvalue weighted by Gasteiger charge is -2.36. The van der Waals surface area contributed by atoms with Gasteiger partial charge in [-0.2, -0.15) is 0 Å². The lowest BCUT2D eigenvalue weighted by atomic mass is 9.67. The molecule has 0 spiro atoms. The second-order valence-electron chi connectivity index (χ2n) is 5.45. The van der Waals surface area contributed by atoms with Gasteiger partial charge in [-0.3, -0.25) is 0 Å². The normalized spacial score (nSPS) is 27.1. The molecule has 2 atom stereocenters. The third-order valence-electron chi connectivity index (χ3n) is 3.69. The minimum Gasteiger partial charge on any atom is -0.303 e. The quantitative estimate of drug-likeness (QED) is 0.507. The van der Waals surface area contributed by atoms with Gasteiger partial charge in [0, 0.05) is 5.41 Å². The highest BCUT2D eigenvalue weighted by Gasteiger charge is 2.34. The molecule has 1 heteroatoms. The van der Waals surface area contributed by atoms with Gasteiger partial charge in [-0.05, 0) is 38.5 Å². The molecule has 0 aromatic heterocycles. The molecule has 0 fully saturated rings. The minimum atomic E-state index is -0.241. The van der Waals surface area contributed by atoms with Crippen LogP contribution in [0, 0.1) is 17.3 Å². The number of hydrogen-bond donors (Lipinski definition) is 0. The van der Waals surface area contributed by atoms with Crippen molar-refractivity contribution in [3.63, 3.8) is 0 Å². The van der Waals surface area contributed by atoms with Crippen LogP contribution in [0.5, 0.6) is 0 Å². The third-order valence-corrected chi connectivity index (χ3v) is 3.69. The molecule has 0 saturated carbocycles. The maximum Gasteiger partial charge on any atom is 0.126 e. The summed E-state index contributed by atoms with van der Waals surface area (Å²) in [5.74, 6) is 0.934. The molecule has 15 heavy (non-hydrogen) atoms. The Balaban J connectivity index is 2.90. The van der Waals surface area contributed by atoms with Crippen molar-refractivity contribution in [2.45, 2.75) is 40.5 Å². The van der Waals surface area contributed by atoms with Gasteiger partial charge >= 0.3 is 0 Å². The fourth-order valence-corrected chi connectivity index (χ4v) is 2.41. The van der Waals surface area contributed by atoms with Crippen LogP contribution in [0.15, 0.2) is 23.8 Å². The van der Waals surface area contributed by atoms with Gasteiger partial charge < -0.3 is 4.79 Å². The zero-order chi connectivity index (χ0) is 11.6. The number of aldehydes is 1. The van der Waals surface area contributed by atoms with Crippen LogP contribution in [0.1, 0.15) is 40.5 Å². The van der Waals surface area contributed by atoms with Crippen LogP contribution in [-0.4, -0.2) is 6.29 Å². The average Bonchev–Trinajstić information content (AvgIpc) is 2.17. The Hall–Kier alpha value is -0.850. The van der Waals surface area contributed by atoms with Crippen LogP contribution < -0.4 is 0 Å². The van der Waals surface area contributed by atoms with Gasteiger partial charge in [0.1, 0.15) is 6.29 Å². The van der Waals surface area contributed by atoms with E-state index in [9.17, 15) is 4.79 Å². The lowest BCUT2D eigenvalue weighted by molar-refractivity contribution is -0.116. The van der Waals surface area contributed by atoms with E-state index in [2.05, 4.69) is 26.5 Å².